The molecule has 0 amide bonds. The van der Waals surface area contributed by atoms with Crippen LogP contribution in [0.2, 0.25) is 10.0 Å². The lowest BCUT2D eigenvalue weighted by Gasteiger charge is -2.20. The summed E-state index contributed by atoms with van der Waals surface area (Å²) in [5.41, 5.74) is 1.73. The molecule has 0 saturated heterocycles. The molecule has 3 aromatic rings. The number of benzene rings is 2. The molecule has 6 heteroatoms. The number of ether oxygens (including phenoxy) is 2. The van der Waals surface area contributed by atoms with Crippen LogP contribution in [0.25, 0.3) is 22.3 Å². The predicted octanol–water partition coefficient (Wildman–Crippen LogP) is 4.63. The van der Waals surface area contributed by atoms with Crippen LogP contribution < -0.4 is 10.2 Å². The highest BCUT2D eigenvalue weighted by Gasteiger charge is 2.20. The van der Waals surface area contributed by atoms with E-state index in [9.17, 15) is 4.79 Å². The lowest BCUT2D eigenvalue weighted by molar-refractivity contribution is -0.0159. The third-order valence-electron chi connectivity index (χ3n) is 3.63. The topological polar surface area (TPSA) is 48.7 Å². The maximum Gasteiger partial charge on any atom is 0.193 e. The maximum absolute atomic E-state index is 12.4. The molecule has 0 N–H and O–H groups in total. The van der Waals surface area contributed by atoms with Crippen molar-refractivity contribution in [3.05, 3.63) is 62.2 Å². The normalized spacial score (nSPS) is 13.7. The van der Waals surface area contributed by atoms with Crippen LogP contribution in [0.1, 0.15) is 5.56 Å². The molecule has 1 aliphatic heterocycles. The van der Waals surface area contributed by atoms with Crippen LogP contribution in [0.15, 0.2) is 45.6 Å². The minimum atomic E-state index is -0.176. The van der Waals surface area contributed by atoms with Gasteiger partial charge in [0.1, 0.15) is 17.1 Å². The molecular weight excluding hydrogens is 339 g/mol. The first-order valence-electron chi connectivity index (χ1n) is 6.88. The van der Waals surface area contributed by atoms with E-state index in [4.69, 9.17) is 37.1 Å². The first kappa shape index (κ1) is 14.6. The second-order valence-electron chi connectivity index (χ2n) is 5.17. The number of fused-ring (bicyclic) bond motifs is 2. The van der Waals surface area contributed by atoms with Gasteiger partial charge in [0, 0.05) is 21.7 Å². The van der Waals surface area contributed by atoms with Gasteiger partial charge in [-0.15, -0.1) is 0 Å². The Labute approximate surface area is 141 Å². The van der Waals surface area contributed by atoms with Crippen LogP contribution in [-0.2, 0) is 11.3 Å². The second kappa shape index (κ2) is 5.57. The summed E-state index contributed by atoms with van der Waals surface area (Å²) in [7, 11) is 0. The number of hydrogen-bond acceptors (Lipinski definition) is 4. The zero-order valence-corrected chi connectivity index (χ0v) is 13.3. The first-order valence-corrected chi connectivity index (χ1v) is 7.64. The molecule has 1 aromatic heterocycles. The predicted molar refractivity (Wildman–Crippen MR) is 88.2 cm³/mol. The molecule has 0 aliphatic carbocycles. The highest BCUT2D eigenvalue weighted by Crippen LogP contribution is 2.38. The summed E-state index contributed by atoms with van der Waals surface area (Å²) in [6, 6.07) is 9.84. The van der Waals surface area contributed by atoms with Gasteiger partial charge in [-0.3, -0.25) is 4.79 Å². The summed E-state index contributed by atoms with van der Waals surface area (Å²) in [5.74, 6) is 1.02. The van der Waals surface area contributed by atoms with E-state index >= 15 is 0 Å². The van der Waals surface area contributed by atoms with Gasteiger partial charge < -0.3 is 13.9 Å². The van der Waals surface area contributed by atoms with E-state index in [0.717, 1.165) is 5.56 Å². The number of halogens is 2. The van der Waals surface area contributed by atoms with E-state index in [1.807, 2.05) is 0 Å². The molecule has 4 nitrogen and oxygen atoms in total. The largest absolute Gasteiger partial charge is 0.466 e. The molecule has 0 atom stereocenters. The average Bonchev–Trinajstić information content (AvgIpc) is 2.54. The van der Waals surface area contributed by atoms with Crippen LogP contribution >= 0.6 is 23.2 Å². The SMILES string of the molecule is O=c1cc(-c2cc(Cl)cc3c2OCOC3)oc2ccc(Cl)cc12. The van der Waals surface area contributed by atoms with Crippen molar-refractivity contribution in [2.75, 3.05) is 6.79 Å². The molecule has 0 radical (unpaired) electrons. The van der Waals surface area contributed by atoms with Crippen LogP contribution in [0.4, 0.5) is 0 Å². The fraction of sp³-hybridized carbons (Fsp3) is 0.118. The van der Waals surface area contributed by atoms with Gasteiger partial charge in [-0.1, -0.05) is 23.2 Å². The summed E-state index contributed by atoms with van der Waals surface area (Å²) < 4.78 is 16.7. The van der Waals surface area contributed by atoms with Crippen LogP contribution in [-0.4, -0.2) is 6.79 Å². The van der Waals surface area contributed by atoms with Gasteiger partial charge in [0.05, 0.1) is 17.6 Å². The van der Waals surface area contributed by atoms with E-state index < -0.39 is 0 Å². The quantitative estimate of drug-likeness (QED) is 0.643. The zero-order valence-electron chi connectivity index (χ0n) is 11.8. The monoisotopic (exact) mass is 348 g/mol. The highest BCUT2D eigenvalue weighted by molar-refractivity contribution is 6.31. The summed E-state index contributed by atoms with van der Waals surface area (Å²) in [6.45, 7) is 0.547. The van der Waals surface area contributed by atoms with Gasteiger partial charge in [0.15, 0.2) is 12.2 Å². The first-order chi connectivity index (χ1) is 11.1. The van der Waals surface area contributed by atoms with Crippen LogP contribution in [0, 0.1) is 0 Å². The number of rotatable bonds is 1. The van der Waals surface area contributed by atoms with E-state index in [1.165, 1.54) is 6.07 Å². The van der Waals surface area contributed by atoms with Gasteiger partial charge >= 0.3 is 0 Å². The fourth-order valence-corrected chi connectivity index (χ4v) is 3.04. The van der Waals surface area contributed by atoms with Crippen molar-refractivity contribution in [3.8, 4) is 17.1 Å². The smallest absolute Gasteiger partial charge is 0.193 e. The van der Waals surface area contributed by atoms with E-state index in [1.54, 1.807) is 30.3 Å². The Hall–Kier alpha value is -2.01. The van der Waals surface area contributed by atoms with E-state index in [2.05, 4.69) is 0 Å². The molecule has 0 saturated carbocycles. The van der Waals surface area contributed by atoms with Crippen molar-refractivity contribution in [1.82, 2.24) is 0 Å². The van der Waals surface area contributed by atoms with Crippen molar-refractivity contribution in [2.45, 2.75) is 6.61 Å². The van der Waals surface area contributed by atoms with Gasteiger partial charge in [-0.2, -0.15) is 0 Å². The van der Waals surface area contributed by atoms with Gasteiger partial charge in [0.2, 0.25) is 0 Å². The molecule has 23 heavy (non-hydrogen) atoms. The van der Waals surface area contributed by atoms with Gasteiger partial charge in [-0.05, 0) is 30.3 Å². The van der Waals surface area contributed by atoms with Crippen molar-refractivity contribution in [2.24, 2.45) is 0 Å². The maximum atomic E-state index is 12.4. The van der Waals surface area contributed by atoms with E-state index in [0.29, 0.717) is 44.7 Å². The Morgan fingerprint density at radius 2 is 1.87 bits per heavy atom. The lowest BCUT2D eigenvalue weighted by Crippen LogP contribution is -2.12. The third-order valence-corrected chi connectivity index (χ3v) is 4.08. The summed E-state index contributed by atoms with van der Waals surface area (Å²) in [6.07, 6.45) is 0. The van der Waals surface area contributed by atoms with Gasteiger partial charge in [-0.25, -0.2) is 0 Å². The molecule has 4 rings (SSSR count). The molecule has 0 spiro atoms. The van der Waals surface area contributed by atoms with E-state index in [-0.39, 0.29) is 12.2 Å². The fourth-order valence-electron chi connectivity index (χ4n) is 2.62. The standard InChI is InChI=1S/C17H10Cl2O4/c18-10-1-2-15-12(4-10)14(20)6-16(23-15)13-5-11(19)3-9-7-21-8-22-17(9)13/h1-6H,7-8H2. The molecule has 2 aromatic carbocycles. The molecule has 2 heterocycles. The molecule has 116 valence electrons. The molecule has 1 aliphatic rings. The zero-order chi connectivity index (χ0) is 16.0. The Morgan fingerprint density at radius 3 is 2.74 bits per heavy atom. The molecular formula is C17H10Cl2O4. The number of hydrogen-bond donors (Lipinski definition) is 0. The van der Waals surface area contributed by atoms with Crippen molar-refractivity contribution in [1.29, 1.82) is 0 Å². The average molecular weight is 349 g/mol. The third kappa shape index (κ3) is 2.59. The molecule has 0 fully saturated rings. The summed E-state index contributed by atoms with van der Waals surface area (Å²) in [5, 5.41) is 1.44. The van der Waals surface area contributed by atoms with Crippen molar-refractivity contribution in [3.63, 3.8) is 0 Å². The second-order valence-corrected chi connectivity index (χ2v) is 6.04. The lowest BCUT2D eigenvalue weighted by atomic mass is 10.1. The minimum Gasteiger partial charge on any atom is -0.466 e. The Kier molecular flexibility index (Phi) is 3.53. The highest BCUT2D eigenvalue weighted by atomic mass is 35.5. The summed E-state index contributed by atoms with van der Waals surface area (Å²) >= 11 is 12.1. The van der Waals surface area contributed by atoms with Crippen LogP contribution in [0.5, 0.6) is 5.75 Å². The Balaban J connectivity index is 1.98. The van der Waals surface area contributed by atoms with Crippen molar-refractivity contribution >= 4 is 34.2 Å². The molecule has 0 unspecified atom stereocenters. The van der Waals surface area contributed by atoms with Crippen molar-refractivity contribution < 1.29 is 13.9 Å². The van der Waals surface area contributed by atoms with Gasteiger partial charge in [0.25, 0.3) is 0 Å². The summed E-state index contributed by atoms with van der Waals surface area (Å²) in [4.78, 5) is 12.4. The Morgan fingerprint density at radius 1 is 1.00 bits per heavy atom. The molecule has 0 bridgehead atoms. The Bertz CT molecular complexity index is 978. The van der Waals surface area contributed by atoms with Crippen LogP contribution in [0.3, 0.4) is 0 Å². The minimum absolute atomic E-state index is 0.148.